The summed E-state index contributed by atoms with van der Waals surface area (Å²) in [5, 5.41) is 2.97. The molecule has 0 spiro atoms. The van der Waals surface area contributed by atoms with Crippen LogP contribution in [0.2, 0.25) is 0 Å². The quantitative estimate of drug-likeness (QED) is 0.756. The van der Waals surface area contributed by atoms with Gasteiger partial charge in [0.1, 0.15) is 6.54 Å². The number of rotatable bonds is 9. The standard InChI is InChI=1S/C17H29N3O2/c1-5-19(6-2)15(11-14(3)4)12-18-16(21)13-20-10-8-7-9-17(20)22/h7-10,14-15H,5-6,11-13H2,1-4H3,(H,18,21). The van der Waals surface area contributed by atoms with E-state index in [-0.39, 0.29) is 18.0 Å². The summed E-state index contributed by atoms with van der Waals surface area (Å²) in [6, 6.07) is 5.23. The molecule has 1 N–H and O–H groups in total. The lowest BCUT2D eigenvalue weighted by Crippen LogP contribution is -2.45. The van der Waals surface area contributed by atoms with Crippen molar-refractivity contribution in [2.24, 2.45) is 5.92 Å². The number of aromatic nitrogens is 1. The Hall–Kier alpha value is -1.62. The van der Waals surface area contributed by atoms with Crippen LogP contribution in [0.25, 0.3) is 0 Å². The van der Waals surface area contributed by atoms with Crippen LogP contribution in [0.15, 0.2) is 29.2 Å². The first-order valence-electron chi connectivity index (χ1n) is 8.14. The molecule has 0 aromatic carbocycles. The molecule has 1 amide bonds. The van der Waals surface area contributed by atoms with Gasteiger partial charge in [0.2, 0.25) is 5.91 Å². The number of carbonyl (C=O) groups excluding carboxylic acids is 1. The van der Waals surface area contributed by atoms with E-state index >= 15 is 0 Å². The molecule has 1 unspecified atom stereocenters. The molecule has 1 heterocycles. The van der Waals surface area contributed by atoms with Crippen molar-refractivity contribution in [1.82, 2.24) is 14.8 Å². The van der Waals surface area contributed by atoms with E-state index in [2.05, 4.69) is 37.9 Å². The maximum absolute atomic E-state index is 12.1. The maximum atomic E-state index is 12.1. The van der Waals surface area contributed by atoms with E-state index in [0.717, 1.165) is 19.5 Å². The zero-order valence-corrected chi connectivity index (χ0v) is 14.2. The van der Waals surface area contributed by atoms with Crippen LogP contribution in [0.1, 0.15) is 34.1 Å². The maximum Gasteiger partial charge on any atom is 0.250 e. The molecule has 5 heteroatoms. The lowest BCUT2D eigenvalue weighted by Gasteiger charge is -2.31. The second-order valence-electron chi connectivity index (χ2n) is 5.98. The Morgan fingerprint density at radius 3 is 2.50 bits per heavy atom. The molecule has 0 saturated heterocycles. The molecule has 0 bridgehead atoms. The Morgan fingerprint density at radius 1 is 1.27 bits per heavy atom. The number of hydrogen-bond acceptors (Lipinski definition) is 3. The molecule has 0 aliphatic carbocycles. The Morgan fingerprint density at radius 2 is 1.95 bits per heavy atom. The monoisotopic (exact) mass is 307 g/mol. The first-order valence-corrected chi connectivity index (χ1v) is 8.14. The Kier molecular flexibility index (Phi) is 7.88. The number of likely N-dealkylation sites (N-methyl/N-ethyl adjacent to an activating group) is 1. The molecule has 22 heavy (non-hydrogen) atoms. The molecule has 0 aliphatic rings. The highest BCUT2D eigenvalue weighted by atomic mass is 16.2. The number of pyridine rings is 1. The highest BCUT2D eigenvalue weighted by Crippen LogP contribution is 2.10. The minimum atomic E-state index is -0.153. The van der Waals surface area contributed by atoms with E-state index < -0.39 is 0 Å². The first-order chi connectivity index (χ1) is 10.5. The summed E-state index contributed by atoms with van der Waals surface area (Å²) in [5.41, 5.74) is -0.153. The zero-order valence-electron chi connectivity index (χ0n) is 14.2. The first kappa shape index (κ1) is 18.4. The molecule has 1 aromatic heterocycles. The minimum Gasteiger partial charge on any atom is -0.353 e. The van der Waals surface area contributed by atoms with Gasteiger partial charge in [0, 0.05) is 24.8 Å². The SMILES string of the molecule is CCN(CC)C(CNC(=O)Cn1ccccc1=O)CC(C)C. The van der Waals surface area contributed by atoms with Crippen molar-refractivity contribution in [3.63, 3.8) is 0 Å². The van der Waals surface area contributed by atoms with Gasteiger partial charge in [0.05, 0.1) is 0 Å². The average Bonchev–Trinajstić information content (AvgIpc) is 2.47. The summed E-state index contributed by atoms with van der Waals surface area (Å²) in [6.45, 7) is 11.3. The smallest absolute Gasteiger partial charge is 0.250 e. The van der Waals surface area contributed by atoms with Gasteiger partial charge in [-0.3, -0.25) is 14.5 Å². The topological polar surface area (TPSA) is 54.3 Å². The Balaban J connectivity index is 2.58. The molecule has 5 nitrogen and oxygen atoms in total. The van der Waals surface area contributed by atoms with E-state index in [4.69, 9.17) is 0 Å². The predicted molar refractivity (Wildman–Crippen MR) is 89.9 cm³/mol. The fourth-order valence-electron chi connectivity index (χ4n) is 2.68. The average molecular weight is 307 g/mol. The molecule has 1 atom stereocenters. The van der Waals surface area contributed by atoms with Crippen LogP contribution >= 0.6 is 0 Å². The van der Waals surface area contributed by atoms with Crippen molar-refractivity contribution >= 4 is 5.91 Å². The van der Waals surface area contributed by atoms with Crippen LogP contribution in [0.3, 0.4) is 0 Å². The number of amides is 1. The van der Waals surface area contributed by atoms with Gasteiger partial charge in [-0.1, -0.05) is 33.8 Å². The van der Waals surface area contributed by atoms with Gasteiger partial charge in [-0.15, -0.1) is 0 Å². The summed E-state index contributed by atoms with van der Waals surface area (Å²) in [5.74, 6) is 0.466. The molecule has 0 fully saturated rings. The number of nitrogens with one attached hydrogen (secondary N) is 1. The molecule has 124 valence electrons. The van der Waals surface area contributed by atoms with Crippen LogP contribution in [0, 0.1) is 5.92 Å². The largest absolute Gasteiger partial charge is 0.353 e. The van der Waals surface area contributed by atoms with Crippen molar-refractivity contribution < 1.29 is 4.79 Å². The van der Waals surface area contributed by atoms with E-state index in [1.165, 1.54) is 10.6 Å². The summed E-state index contributed by atoms with van der Waals surface area (Å²) < 4.78 is 1.42. The summed E-state index contributed by atoms with van der Waals surface area (Å²) >= 11 is 0. The lowest BCUT2D eigenvalue weighted by molar-refractivity contribution is -0.122. The Bertz CT molecular complexity index is 507. The zero-order chi connectivity index (χ0) is 16.5. The third-order valence-electron chi connectivity index (χ3n) is 3.82. The highest BCUT2D eigenvalue weighted by Gasteiger charge is 2.18. The molecule has 1 rings (SSSR count). The van der Waals surface area contributed by atoms with Gasteiger partial charge < -0.3 is 9.88 Å². The van der Waals surface area contributed by atoms with Gasteiger partial charge in [0.15, 0.2) is 0 Å². The third-order valence-corrected chi connectivity index (χ3v) is 3.82. The number of hydrogen-bond donors (Lipinski definition) is 1. The van der Waals surface area contributed by atoms with Crippen LogP contribution in [-0.2, 0) is 11.3 Å². The van der Waals surface area contributed by atoms with Crippen LogP contribution in [0.4, 0.5) is 0 Å². The fraction of sp³-hybridized carbons (Fsp3) is 0.647. The van der Waals surface area contributed by atoms with Gasteiger partial charge in [0.25, 0.3) is 5.56 Å². The van der Waals surface area contributed by atoms with E-state index in [9.17, 15) is 9.59 Å². The second kappa shape index (κ2) is 9.41. The highest BCUT2D eigenvalue weighted by molar-refractivity contribution is 5.75. The van der Waals surface area contributed by atoms with Crippen molar-refractivity contribution in [2.45, 2.75) is 46.7 Å². The van der Waals surface area contributed by atoms with E-state index in [0.29, 0.717) is 18.5 Å². The second-order valence-corrected chi connectivity index (χ2v) is 5.98. The summed E-state index contributed by atoms with van der Waals surface area (Å²) in [6.07, 6.45) is 2.69. The molecular weight excluding hydrogens is 278 g/mol. The van der Waals surface area contributed by atoms with Crippen LogP contribution in [-0.4, -0.2) is 41.1 Å². The molecule has 0 aliphatic heterocycles. The molecular formula is C17H29N3O2. The van der Waals surface area contributed by atoms with Gasteiger partial charge in [-0.25, -0.2) is 0 Å². The van der Waals surface area contributed by atoms with Crippen LogP contribution in [0.5, 0.6) is 0 Å². The predicted octanol–water partition coefficient (Wildman–Crippen LogP) is 1.72. The van der Waals surface area contributed by atoms with Gasteiger partial charge in [-0.2, -0.15) is 0 Å². The normalized spacial score (nSPS) is 12.6. The molecule has 0 radical (unpaired) electrons. The third kappa shape index (κ3) is 6.02. The van der Waals surface area contributed by atoms with Gasteiger partial charge >= 0.3 is 0 Å². The van der Waals surface area contributed by atoms with Crippen molar-refractivity contribution in [1.29, 1.82) is 0 Å². The number of nitrogens with zero attached hydrogens (tertiary/aromatic N) is 2. The van der Waals surface area contributed by atoms with Crippen molar-refractivity contribution in [3.8, 4) is 0 Å². The van der Waals surface area contributed by atoms with Crippen molar-refractivity contribution in [3.05, 3.63) is 34.7 Å². The molecule has 0 saturated carbocycles. The molecule has 1 aromatic rings. The summed E-state index contributed by atoms with van der Waals surface area (Å²) in [4.78, 5) is 26.0. The van der Waals surface area contributed by atoms with E-state index in [1.807, 2.05) is 0 Å². The van der Waals surface area contributed by atoms with Crippen molar-refractivity contribution in [2.75, 3.05) is 19.6 Å². The Labute approximate surface area is 133 Å². The van der Waals surface area contributed by atoms with Crippen LogP contribution < -0.4 is 10.9 Å². The minimum absolute atomic E-state index is 0.0757. The summed E-state index contributed by atoms with van der Waals surface area (Å²) in [7, 11) is 0. The van der Waals surface area contributed by atoms with E-state index in [1.54, 1.807) is 18.3 Å². The number of carbonyl (C=O) groups is 1. The van der Waals surface area contributed by atoms with Gasteiger partial charge in [-0.05, 0) is 31.5 Å². The fourth-order valence-corrected chi connectivity index (χ4v) is 2.68. The lowest BCUT2D eigenvalue weighted by atomic mass is 10.0.